The molecule has 0 bridgehead atoms. The largest absolute Gasteiger partial charge is 0.493 e. The van der Waals surface area contributed by atoms with Crippen molar-refractivity contribution < 1.29 is 23.1 Å². The van der Waals surface area contributed by atoms with Crippen molar-refractivity contribution in [3.05, 3.63) is 65.7 Å². The molecule has 1 aliphatic heterocycles. The van der Waals surface area contributed by atoms with E-state index in [1.54, 1.807) is 24.3 Å². The van der Waals surface area contributed by atoms with Gasteiger partial charge in [-0.05, 0) is 68.3 Å². The molecule has 0 saturated carbocycles. The van der Waals surface area contributed by atoms with Crippen LogP contribution >= 0.6 is 0 Å². The van der Waals surface area contributed by atoms with E-state index in [1.165, 1.54) is 19.3 Å². The van der Waals surface area contributed by atoms with Crippen LogP contribution in [0.3, 0.4) is 0 Å². The summed E-state index contributed by atoms with van der Waals surface area (Å²) in [4.78, 5) is 11.9. The summed E-state index contributed by atoms with van der Waals surface area (Å²) in [6, 6.07) is 16.2. The number of piperidine rings is 1. The normalized spacial score (nSPS) is 15.8. The summed E-state index contributed by atoms with van der Waals surface area (Å²) >= 11 is 0. The SMILES string of the molecule is O=C(O)C(Cc1ccccc1OCCCCC1CCNCC1)CS(=O)(=O)Cc1ccccc1. The Labute approximate surface area is 197 Å². The van der Waals surface area contributed by atoms with Crippen LogP contribution in [0.5, 0.6) is 5.75 Å². The second-order valence-electron chi connectivity index (χ2n) is 8.92. The smallest absolute Gasteiger partial charge is 0.307 e. The highest BCUT2D eigenvalue weighted by Crippen LogP contribution is 2.24. The average molecular weight is 474 g/mol. The topological polar surface area (TPSA) is 92.7 Å². The molecular weight excluding hydrogens is 438 g/mol. The Morgan fingerprint density at radius 1 is 1.03 bits per heavy atom. The van der Waals surface area contributed by atoms with Gasteiger partial charge in [-0.1, -0.05) is 55.0 Å². The van der Waals surface area contributed by atoms with Crippen LogP contribution in [0.25, 0.3) is 0 Å². The van der Waals surface area contributed by atoms with Crippen LogP contribution in [0.4, 0.5) is 0 Å². The number of hydrogen-bond donors (Lipinski definition) is 2. The summed E-state index contributed by atoms with van der Waals surface area (Å²) in [5, 5.41) is 13.1. The van der Waals surface area contributed by atoms with Gasteiger partial charge in [0.2, 0.25) is 0 Å². The zero-order valence-corrected chi connectivity index (χ0v) is 19.9. The van der Waals surface area contributed by atoms with Crippen molar-refractivity contribution in [2.45, 2.75) is 44.3 Å². The van der Waals surface area contributed by atoms with Gasteiger partial charge in [0.15, 0.2) is 9.84 Å². The fourth-order valence-corrected chi connectivity index (χ4v) is 6.07. The fourth-order valence-electron chi connectivity index (χ4n) is 4.38. The average Bonchev–Trinajstić information content (AvgIpc) is 2.80. The number of hydrogen-bond acceptors (Lipinski definition) is 5. The number of carboxylic acids is 1. The molecule has 7 heteroatoms. The first-order chi connectivity index (χ1) is 15.9. The van der Waals surface area contributed by atoms with Gasteiger partial charge in [-0.3, -0.25) is 4.79 Å². The highest BCUT2D eigenvalue weighted by Gasteiger charge is 2.27. The number of benzene rings is 2. The van der Waals surface area contributed by atoms with Crippen LogP contribution in [-0.4, -0.2) is 44.9 Å². The van der Waals surface area contributed by atoms with Crippen molar-refractivity contribution in [3.8, 4) is 5.75 Å². The Morgan fingerprint density at radius 2 is 1.73 bits per heavy atom. The number of sulfone groups is 1. The monoisotopic (exact) mass is 473 g/mol. The quantitative estimate of drug-likeness (QED) is 0.426. The third-order valence-corrected chi connectivity index (χ3v) is 7.88. The van der Waals surface area contributed by atoms with E-state index in [-0.39, 0.29) is 12.2 Å². The molecule has 1 fully saturated rings. The predicted molar refractivity (Wildman–Crippen MR) is 130 cm³/mol. The minimum Gasteiger partial charge on any atom is -0.493 e. The molecular formula is C26H35NO5S. The molecule has 2 aromatic rings. The molecule has 6 nitrogen and oxygen atoms in total. The van der Waals surface area contributed by atoms with Crippen molar-refractivity contribution in [1.29, 1.82) is 0 Å². The van der Waals surface area contributed by atoms with E-state index in [9.17, 15) is 18.3 Å². The zero-order valence-electron chi connectivity index (χ0n) is 19.1. The first kappa shape index (κ1) is 25.2. The minimum atomic E-state index is -3.57. The van der Waals surface area contributed by atoms with Crippen LogP contribution in [0.2, 0.25) is 0 Å². The number of carboxylic acid groups (broad SMARTS) is 1. The zero-order chi connectivity index (χ0) is 23.5. The van der Waals surface area contributed by atoms with Crippen molar-refractivity contribution in [2.75, 3.05) is 25.4 Å². The van der Waals surface area contributed by atoms with Gasteiger partial charge in [-0.25, -0.2) is 8.42 Å². The molecule has 2 N–H and O–H groups in total. The summed E-state index contributed by atoms with van der Waals surface area (Å²) < 4.78 is 31.3. The Bertz CT molecular complexity index is 971. The maximum absolute atomic E-state index is 12.7. The molecule has 0 aromatic heterocycles. The van der Waals surface area contributed by atoms with Gasteiger partial charge < -0.3 is 15.2 Å². The molecule has 0 spiro atoms. The van der Waals surface area contributed by atoms with Gasteiger partial charge in [0.25, 0.3) is 0 Å². The van der Waals surface area contributed by atoms with Crippen molar-refractivity contribution in [2.24, 2.45) is 11.8 Å². The predicted octanol–water partition coefficient (Wildman–Crippen LogP) is 4.09. The highest BCUT2D eigenvalue weighted by molar-refractivity contribution is 7.90. The number of carbonyl (C=O) groups is 1. The van der Waals surface area contributed by atoms with Gasteiger partial charge in [0.1, 0.15) is 5.75 Å². The van der Waals surface area contributed by atoms with E-state index >= 15 is 0 Å². The maximum atomic E-state index is 12.7. The number of unbranched alkanes of at least 4 members (excludes halogenated alkanes) is 1. The number of rotatable bonds is 13. The van der Waals surface area contributed by atoms with E-state index in [1.807, 2.05) is 30.3 Å². The second kappa shape index (κ2) is 12.8. The molecule has 1 aliphatic rings. The van der Waals surface area contributed by atoms with Gasteiger partial charge >= 0.3 is 5.97 Å². The summed E-state index contributed by atoms with van der Waals surface area (Å²) in [5.41, 5.74) is 1.40. The molecule has 2 aromatic carbocycles. The van der Waals surface area contributed by atoms with Gasteiger partial charge in [0, 0.05) is 0 Å². The lowest BCUT2D eigenvalue weighted by Crippen LogP contribution is -2.27. The molecule has 0 aliphatic carbocycles. The van der Waals surface area contributed by atoms with Crippen molar-refractivity contribution in [3.63, 3.8) is 0 Å². The molecule has 3 rings (SSSR count). The summed E-state index contributed by atoms with van der Waals surface area (Å²) in [5.74, 6) is -1.25. The van der Waals surface area contributed by atoms with Crippen LogP contribution in [-0.2, 0) is 26.8 Å². The molecule has 1 saturated heterocycles. The van der Waals surface area contributed by atoms with Gasteiger partial charge in [0.05, 0.1) is 24.0 Å². The van der Waals surface area contributed by atoms with Gasteiger partial charge in [-0.2, -0.15) is 0 Å². The molecule has 33 heavy (non-hydrogen) atoms. The number of ether oxygens (including phenoxy) is 1. The summed E-state index contributed by atoms with van der Waals surface area (Å²) in [6.07, 6.45) is 5.89. The minimum absolute atomic E-state index is 0.120. The first-order valence-corrected chi connectivity index (χ1v) is 13.6. The second-order valence-corrected chi connectivity index (χ2v) is 11.0. The van der Waals surface area contributed by atoms with Crippen LogP contribution < -0.4 is 10.1 Å². The number of para-hydroxylation sites is 1. The Morgan fingerprint density at radius 3 is 2.45 bits per heavy atom. The van der Waals surface area contributed by atoms with E-state index in [0.29, 0.717) is 17.9 Å². The lowest BCUT2D eigenvalue weighted by Gasteiger charge is -2.22. The van der Waals surface area contributed by atoms with E-state index in [2.05, 4.69) is 5.32 Å². The molecule has 180 valence electrons. The molecule has 1 atom stereocenters. The Balaban J connectivity index is 1.53. The lowest BCUT2D eigenvalue weighted by molar-refractivity contribution is -0.140. The maximum Gasteiger partial charge on any atom is 0.307 e. The molecule has 0 radical (unpaired) electrons. The summed E-state index contributed by atoms with van der Waals surface area (Å²) in [6.45, 7) is 2.80. The van der Waals surface area contributed by atoms with Crippen LogP contribution in [0.1, 0.15) is 43.2 Å². The van der Waals surface area contributed by atoms with Crippen LogP contribution in [0.15, 0.2) is 54.6 Å². The van der Waals surface area contributed by atoms with E-state index < -0.39 is 27.5 Å². The standard InChI is InChI=1S/C26H35NO5S/c28-26(29)24(20-33(30,31)19-22-9-2-1-3-10-22)18-23-11-4-5-12-25(23)32-17-7-6-8-21-13-15-27-16-14-21/h1-5,9-12,21,24,27H,6-8,13-20H2,(H,28,29). The number of aliphatic carboxylic acids is 1. The van der Waals surface area contributed by atoms with Crippen molar-refractivity contribution in [1.82, 2.24) is 5.32 Å². The number of nitrogens with one attached hydrogen (secondary N) is 1. The van der Waals surface area contributed by atoms with Crippen molar-refractivity contribution >= 4 is 15.8 Å². The lowest BCUT2D eigenvalue weighted by atomic mass is 9.93. The third kappa shape index (κ3) is 8.82. The Kier molecular flexibility index (Phi) is 9.76. The molecule has 1 unspecified atom stereocenters. The third-order valence-electron chi connectivity index (χ3n) is 6.20. The van der Waals surface area contributed by atoms with E-state index in [4.69, 9.17) is 4.74 Å². The fraction of sp³-hybridized carbons (Fsp3) is 0.500. The van der Waals surface area contributed by atoms with E-state index in [0.717, 1.165) is 37.4 Å². The molecule has 0 amide bonds. The summed E-state index contributed by atoms with van der Waals surface area (Å²) in [7, 11) is -3.57. The highest BCUT2D eigenvalue weighted by atomic mass is 32.2. The molecule has 1 heterocycles. The van der Waals surface area contributed by atoms with Crippen LogP contribution in [0, 0.1) is 11.8 Å². The Hall–Kier alpha value is -2.38. The van der Waals surface area contributed by atoms with Gasteiger partial charge in [-0.15, -0.1) is 0 Å². The first-order valence-electron chi connectivity index (χ1n) is 11.8.